The third-order valence-corrected chi connectivity index (χ3v) is 23.6. The fourth-order valence-corrected chi connectivity index (χ4v) is 17.7. The number of nitrogens with one attached hydrogen (secondary N) is 2. The second-order valence-electron chi connectivity index (χ2n) is 22.6. The predicted molar refractivity (Wildman–Crippen MR) is 365 cm³/mol. The van der Waals surface area contributed by atoms with Gasteiger partial charge in [0.15, 0.2) is 20.5 Å². The Morgan fingerprint density at radius 3 is 1.12 bits per heavy atom. The molecule has 4 aliphatic rings. The largest absolute Gasteiger partial charge is 0.475 e. The molecule has 572 valence electrons. The number of aromatic amines is 2. The van der Waals surface area contributed by atoms with E-state index in [0.29, 0.717) is 0 Å². The van der Waals surface area contributed by atoms with Crippen LogP contribution in [0.1, 0.15) is 89.4 Å². The molecule has 4 aromatic rings. The minimum atomic E-state index is -5.24. The van der Waals surface area contributed by atoms with Crippen LogP contribution in [-0.4, -0.2) is 193 Å². The molecule has 4 aliphatic heterocycles. The first-order valence-electron chi connectivity index (χ1n) is 31.1. The van der Waals surface area contributed by atoms with Gasteiger partial charge in [-0.15, -0.1) is 0 Å². The van der Waals surface area contributed by atoms with Gasteiger partial charge in [-0.1, -0.05) is 47.0 Å². The molecule has 4 saturated heterocycles. The van der Waals surface area contributed by atoms with E-state index in [9.17, 15) is 67.1 Å². The number of nitrogens with two attached hydrogens (primary N) is 2. The number of phosphoric acid groups is 4. The maximum atomic E-state index is 15.5. The maximum Gasteiger partial charge on any atom is 0.475 e. The SMILES string of the molecule is CC(=O)SCCOP(=O)(O)O[C@H]1C[C@H](n2cc(C)c(=O)[nH]c2=O)O[C@@H]1COP(=O)(OCCSC(C)=O)O[C@H]1C[C@H](n2ccc(N)nc2=O)O[C@@H]1COP(=O)(OCCSC(C)=O)O[C@H]1C[C@H](n2ccc(N)nc2=O)O[C@@H]1COP(=O)(OCCSC(C)=O)O[C@H]1C[C@H](n2cc(C)c(=O)[nH]c2=O)O[C@@H]1CO. The van der Waals surface area contributed by atoms with Crippen molar-refractivity contribution in [1.29, 1.82) is 0 Å². The molecule has 4 aromatic heterocycles. The van der Waals surface area contributed by atoms with Crippen molar-refractivity contribution < 1.29 is 116 Å². The van der Waals surface area contributed by atoms with Crippen molar-refractivity contribution in [1.82, 2.24) is 38.2 Å². The van der Waals surface area contributed by atoms with E-state index in [-0.39, 0.29) is 67.5 Å². The summed E-state index contributed by atoms with van der Waals surface area (Å²) in [5.41, 5.74) is 6.62. The van der Waals surface area contributed by atoms with Gasteiger partial charge in [0.05, 0.1) is 52.9 Å². The second kappa shape index (κ2) is 37.7. The zero-order chi connectivity index (χ0) is 75.1. The van der Waals surface area contributed by atoms with Gasteiger partial charge in [0.25, 0.3) is 11.1 Å². The van der Waals surface area contributed by atoms with Gasteiger partial charge in [-0.05, 0) is 26.0 Å². The number of carbonyl (C=O) groups excluding carboxylic acids is 4. The fourth-order valence-electron chi connectivity index (χ4n) is 10.3. The van der Waals surface area contributed by atoms with Gasteiger partial charge in [-0.25, -0.2) is 37.4 Å². The molecule has 4 unspecified atom stereocenters. The number of rotatable bonds is 38. The monoisotopic (exact) mass is 1610 g/mol. The van der Waals surface area contributed by atoms with E-state index in [1.54, 1.807) is 0 Å². The number of nitrogens with zero attached hydrogens (tertiary/aromatic N) is 6. The van der Waals surface area contributed by atoms with Crippen LogP contribution in [0.4, 0.5) is 11.6 Å². The lowest BCUT2D eigenvalue weighted by Crippen LogP contribution is -2.33. The topological polar surface area (TPSA) is 547 Å². The molecule has 0 spiro atoms. The molecule has 8 N–H and O–H groups in total. The molecule has 49 heteroatoms. The molecule has 8 heterocycles. The van der Waals surface area contributed by atoms with Crippen LogP contribution in [0.25, 0.3) is 0 Å². The predicted octanol–water partition coefficient (Wildman–Crippen LogP) is 2.72. The number of H-pyrrole nitrogens is 2. The van der Waals surface area contributed by atoms with Gasteiger partial charge in [0.1, 0.15) is 85.4 Å². The summed E-state index contributed by atoms with van der Waals surface area (Å²) >= 11 is 3.07. The average molecular weight is 1610 g/mol. The Balaban J connectivity index is 1.10. The number of aryl methyl sites for hydroxylation is 2. The van der Waals surface area contributed by atoms with Gasteiger partial charge in [-0.2, -0.15) is 9.97 Å². The van der Waals surface area contributed by atoms with E-state index in [0.717, 1.165) is 71.5 Å². The Hall–Kier alpha value is -4.96. The van der Waals surface area contributed by atoms with Crippen molar-refractivity contribution in [3.63, 3.8) is 0 Å². The average Bonchev–Trinajstić information content (AvgIpc) is 1.70. The smallest absolute Gasteiger partial charge is 0.394 e. The highest BCUT2D eigenvalue weighted by Gasteiger charge is 2.51. The van der Waals surface area contributed by atoms with Crippen LogP contribution < -0.4 is 45.3 Å². The van der Waals surface area contributed by atoms with E-state index in [1.165, 1.54) is 72.3 Å². The van der Waals surface area contributed by atoms with E-state index in [4.69, 9.17) is 80.2 Å². The van der Waals surface area contributed by atoms with Gasteiger partial charge in [0, 0.05) is 112 Å². The van der Waals surface area contributed by atoms with Crippen LogP contribution in [0.3, 0.4) is 0 Å². The van der Waals surface area contributed by atoms with Crippen molar-refractivity contribution in [2.24, 2.45) is 0 Å². The zero-order valence-corrected chi connectivity index (χ0v) is 62.5. The number of hydrogen-bond acceptors (Lipinski definition) is 38. The number of aromatic nitrogens is 8. The highest BCUT2D eigenvalue weighted by atomic mass is 32.2. The third-order valence-electron chi connectivity index (χ3n) is 14.9. The molecular weight excluding hydrogens is 1540 g/mol. The maximum absolute atomic E-state index is 15.5. The summed E-state index contributed by atoms with van der Waals surface area (Å²) < 4.78 is 152. The summed E-state index contributed by atoms with van der Waals surface area (Å²) in [4.78, 5) is 148. The summed E-state index contributed by atoms with van der Waals surface area (Å²) in [6.07, 6.45) is -14.7. The minimum absolute atomic E-state index is 0.0517. The van der Waals surface area contributed by atoms with Crippen molar-refractivity contribution in [2.45, 2.75) is 141 Å². The van der Waals surface area contributed by atoms with Crippen LogP contribution in [0.5, 0.6) is 0 Å². The summed E-state index contributed by atoms with van der Waals surface area (Å²) in [5.74, 6) is -0.879. The van der Waals surface area contributed by atoms with Crippen LogP contribution in [0, 0.1) is 13.8 Å². The molecule has 0 aromatic carbocycles. The number of nitrogen functional groups attached to an aromatic ring is 2. The normalized spacial score (nSPS) is 25.8. The molecule has 4 fully saturated rings. The van der Waals surface area contributed by atoms with Crippen LogP contribution in [-0.2, 0) is 106 Å². The lowest BCUT2D eigenvalue weighted by atomic mass is 10.2. The first-order chi connectivity index (χ1) is 48.6. The Bertz CT molecular complexity index is 4260. The van der Waals surface area contributed by atoms with Gasteiger partial charge < -0.3 is 40.4 Å². The molecule has 0 radical (unpaired) electrons. The fraction of sp³-hybridized carbons (Fsp3) is 0.630. The number of aliphatic hydroxyl groups is 1. The van der Waals surface area contributed by atoms with Crippen molar-refractivity contribution in [3.05, 3.63) is 111 Å². The van der Waals surface area contributed by atoms with E-state index >= 15 is 9.13 Å². The molecule has 0 saturated carbocycles. The number of aliphatic hydroxyl groups excluding tert-OH is 1. The van der Waals surface area contributed by atoms with Gasteiger partial charge in [-0.3, -0.25) is 107 Å². The Labute approximate surface area is 600 Å². The highest BCUT2D eigenvalue weighted by molar-refractivity contribution is 8.14. The van der Waals surface area contributed by atoms with Crippen molar-refractivity contribution >= 4 is 110 Å². The Morgan fingerprint density at radius 2 is 0.796 bits per heavy atom. The molecule has 103 heavy (non-hydrogen) atoms. The molecule has 0 aliphatic carbocycles. The van der Waals surface area contributed by atoms with Gasteiger partial charge in [0.2, 0.25) is 0 Å². The van der Waals surface area contributed by atoms with Crippen LogP contribution in [0.2, 0.25) is 0 Å². The molecule has 16 atom stereocenters. The summed E-state index contributed by atoms with van der Waals surface area (Å²) in [6.45, 7) is 2.22. The number of thioether (sulfide) groups is 4. The highest BCUT2D eigenvalue weighted by Crippen LogP contribution is 2.59. The third kappa shape index (κ3) is 24.5. The Morgan fingerprint density at radius 1 is 0.495 bits per heavy atom. The number of phosphoric ester groups is 4. The molecule has 0 bridgehead atoms. The summed E-state index contributed by atoms with van der Waals surface area (Å²) in [5, 5.41) is 9.01. The van der Waals surface area contributed by atoms with Crippen LogP contribution >= 0.6 is 78.3 Å². The summed E-state index contributed by atoms with van der Waals surface area (Å²) in [6, 6.07) is 2.49. The first-order valence-corrected chi connectivity index (χ1v) is 40.9. The Kier molecular flexibility index (Phi) is 30.6. The standard InChI is InChI=1S/C54H76N10O31P4S4/c1-29-23-63(53(74)59-49(29)70)47-19-35(39(25-65)88-47)93-97(78,82-12-16-101-32(4)67)86-27-41-37(21-45(89-41)61-9-7-43(55)57-51(61)72)95-99(80,84-14-18-103-34(6)69)87-28-42-38(22-46(90-42)62-10-8-44(56)58-52(62)73)94-98(79,83-13-17-102-33(5)68)85-26-40-36(92-96(76,77)81-11-15-100-31(3)66)20-48(91-40)64-24-30(2)50(71)60-54(64)75/h7-10,23-24,35-42,45-48,65H,11-22,25-28H2,1-6H3,(H,76,77)(H2,55,57,72)(H2,56,58,73)(H,59,70,74)(H,60,71,75)/t35-,36-,37-,38-,39+,40+,41+,42+,45+,46+,47+,48+,97?,98?,99?/m0/s1. The second-order valence-corrected chi connectivity index (χ2v) is 34.0. The number of ether oxygens (including phenoxy) is 4. The minimum Gasteiger partial charge on any atom is -0.394 e. The first kappa shape index (κ1) is 83.7. The van der Waals surface area contributed by atoms with E-state index in [1.807, 2.05) is 0 Å². The quantitative estimate of drug-likeness (QED) is 0.0277. The lowest BCUT2D eigenvalue weighted by molar-refractivity contribution is -0.109. The zero-order valence-electron chi connectivity index (χ0n) is 55.7. The molecular formula is C54H76N10O31P4S4. The number of carbonyl (C=O) groups is 4. The van der Waals surface area contributed by atoms with Gasteiger partial charge >= 0.3 is 54.0 Å². The van der Waals surface area contributed by atoms with Crippen LogP contribution in [0.15, 0.2) is 65.7 Å². The lowest BCUT2D eigenvalue weighted by Gasteiger charge is -2.28. The molecule has 0 amide bonds. The number of anilines is 2. The van der Waals surface area contributed by atoms with Crippen molar-refractivity contribution in [2.75, 3.05) is 87.3 Å². The molecule has 8 rings (SSSR count). The molecule has 41 nitrogen and oxygen atoms in total. The van der Waals surface area contributed by atoms with Crippen molar-refractivity contribution in [3.8, 4) is 0 Å². The van der Waals surface area contributed by atoms with E-state index < -0.39 is 216 Å². The number of hydrogen-bond donors (Lipinski definition) is 6. The summed E-state index contributed by atoms with van der Waals surface area (Å²) in [7, 11) is -20.5. The van der Waals surface area contributed by atoms with E-state index in [2.05, 4.69) is 19.9 Å².